The van der Waals surface area contributed by atoms with Gasteiger partial charge in [0, 0.05) is 28.8 Å². The molecule has 0 bridgehead atoms. The number of carboxylic acid groups (broad SMARTS) is 1. The predicted molar refractivity (Wildman–Crippen MR) is 118 cm³/mol. The predicted octanol–water partition coefficient (Wildman–Crippen LogP) is 1.50. The van der Waals surface area contributed by atoms with Crippen molar-refractivity contribution in [2.24, 2.45) is 5.73 Å². The zero-order valence-electron chi connectivity index (χ0n) is 17.9. The Hall–Kier alpha value is -3.38. The third-order valence-corrected chi connectivity index (χ3v) is 4.92. The van der Waals surface area contributed by atoms with E-state index >= 15 is 0 Å². The van der Waals surface area contributed by atoms with Crippen LogP contribution in [0.15, 0.2) is 46.8 Å². The minimum Gasteiger partial charge on any atom is -0.480 e. The number of nitrogens with one attached hydrogen (secondary N) is 1. The molecule has 1 atom stereocenters. The second-order valence-corrected chi connectivity index (χ2v) is 6.93. The molecule has 2 rings (SSSR count). The molecule has 1 aromatic carbocycles. The first kappa shape index (κ1) is 26.7. The second kappa shape index (κ2) is 11.9. The summed E-state index contributed by atoms with van der Waals surface area (Å²) in [4.78, 5) is 45.3. The quantitative estimate of drug-likeness (QED) is 0.208. The molecule has 0 saturated carbocycles. The second-order valence-electron chi connectivity index (χ2n) is 6.56. The highest BCUT2D eigenvalue weighted by Gasteiger charge is 2.40. The van der Waals surface area contributed by atoms with Gasteiger partial charge in [-0.2, -0.15) is 12.6 Å². The fraction of sp³-hybridized carbons (Fsp3) is 0.350. The van der Waals surface area contributed by atoms with Crippen molar-refractivity contribution in [1.29, 1.82) is 0 Å². The lowest BCUT2D eigenvalue weighted by Crippen LogP contribution is -2.32. The van der Waals surface area contributed by atoms with Crippen molar-refractivity contribution >= 4 is 36.2 Å². The summed E-state index contributed by atoms with van der Waals surface area (Å²) in [5.74, 6) is -3.14. The fourth-order valence-electron chi connectivity index (χ4n) is 3.04. The number of carbonyl (C=O) groups is 3. The van der Waals surface area contributed by atoms with E-state index in [-0.39, 0.29) is 28.1 Å². The van der Waals surface area contributed by atoms with Crippen LogP contribution in [0, 0.1) is 10.1 Å². The summed E-state index contributed by atoms with van der Waals surface area (Å²) in [5.41, 5.74) is 6.13. The maximum absolute atomic E-state index is 12.3. The van der Waals surface area contributed by atoms with Gasteiger partial charge in [-0.1, -0.05) is 18.2 Å². The maximum atomic E-state index is 12.3. The van der Waals surface area contributed by atoms with E-state index in [1.807, 2.05) is 0 Å². The van der Waals surface area contributed by atoms with Gasteiger partial charge in [0.1, 0.15) is 6.04 Å². The van der Waals surface area contributed by atoms with Gasteiger partial charge < -0.3 is 25.6 Å². The minimum absolute atomic E-state index is 0.128. The number of nitrogens with zero attached hydrogens (tertiary/aromatic N) is 1. The molecule has 1 aromatic rings. The Balaban J connectivity index is 0.000000633. The maximum Gasteiger partial charge on any atom is 0.336 e. The van der Waals surface area contributed by atoms with Crippen LogP contribution >= 0.6 is 12.6 Å². The summed E-state index contributed by atoms with van der Waals surface area (Å²) in [6.07, 6.45) is 0. The van der Waals surface area contributed by atoms with Crippen molar-refractivity contribution in [3.63, 3.8) is 0 Å². The first-order valence-corrected chi connectivity index (χ1v) is 9.82. The van der Waals surface area contributed by atoms with E-state index in [9.17, 15) is 24.5 Å². The lowest BCUT2D eigenvalue weighted by Gasteiger charge is -2.29. The molecular formula is C20H25N3O8S. The van der Waals surface area contributed by atoms with E-state index in [1.54, 1.807) is 19.9 Å². The Bertz CT molecular complexity index is 935. The summed E-state index contributed by atoms with van der Waals surface area (Å²) in [6, 6.07) is 5.15. The van der Waals surface area contributed by atoms with Crippen LogP contribution in [0.5, 0.6) is 0 Å². The summed E-state index contributed by atoms with van der Waals surface area (Å²) in [6.45, 7) is 3.29. The van der Waals surface area contributed by atoms with Crippen LogP contribution < -0.4 is 11.1 Å². The Morgan fingerprint density at radius 2 is 1.62 bits per heavy atom. The van der Waals surface area contributed by atoms with Gasteiger partial charge in [-0.3, -0.25) is 14.9 Å². The number of carbonyl (C=O) groups excluding carboxylic acids is 2. The normalized spacial score (nSPS) is 14.6. The number of carboxylic acids is 1. The highest BCUT2D eigenvalue weighted by molar-refractivity contribution is 7.80. The lowest BCUT2D eigenvalue weighted by molar-refractivity contribution is -0.385. The van der Waals surface area contributed by atoms with Crippen LogP contribution in [0.4, 0.5) is 5.69 Å². The number of hydrogen-bond acceptors (Lipinski definition) is 10. The average Bonchev–Trinajstić information content (AvgIpc) is 2.77. The Morgan fingerprint density at radius 3 is 1.97 bits per heavy atom. The average molecular weight is 468 g/mol. The zero-order valence-corrected chi connectivity index (χ0v) is 18.8. The number of esters is 2. The number of methoxy groups -OCH3 is 2. The lowest BCUT2D eigenvalue weighted by atomic mass is 9.79. The molecule has 0 aliphatic carbocycles. The molecule has 0 spiro atoms. The first-order valence-electron chi connectivity index (χ1n) is 9.19. The van der Waals surface area contributed by atoms with Crippen LogP contribution in [-0.2, 0) is 23.9 Å². The van der Waals surface area contributed by atoms with Crippen LogP contribution in [0.25, 0.3) is 0 Å². The first-order chi connectivity index (χ1) is 15.0. The number of hydrogen-bond donors (Lipinski definition) is 4. The monoisotopic (exact) mass is 467 g/mol. The summed E-state index contributed by atoms with van der Waals surface area (Å²) in [7, 11) is 2.42. The van der Waals surface area contributed by atoms with Crippen LogP contribution in [0.1, 0.15) is 25.3 Å². The van der Waals surface area contributed by atoms with Gasteiger partial charge in [0.2, 0.25) is 0 Å². The fourth-order valence-corrected chi connectivity index (χ4v) is 3.20. The smallest absolute Gasteiger partial charge is 0.336 e. The van der Waals surface area contributed by atoms with Gasteiger partial charge in [0.05, 0.1) is 36.2 Å². The van der Waals surface area contributed by atoms with Crippen molar-refractivity contribution in [2.45, 2.75) is 25.8 Å². The Kier molecular flexibility index (Phi) is 9.88. The SMILES string of the molecule is COC(=O)C1=C(C)NC(C)=C(C(=O)OC)C1c1ccccc1[N+](=O)[O-].N[C@@H](CS)C(=O)O. The Labute approximate surface area is 189 Å². The van der Waals surface area contributed by atoms with E-state index in [0.717, 1.165) is 0 Å². The van der Waals surface area contributed by atoms with Crippen molar-refractivity contribution in [3.05, 3.63) is 62.5 Å². The number of ether oxygens (including phenoxy) is 2. The number of thiol groups is 1. The standard InChI is InChI=1S/C17H18N2O6.C3H7NO2S/c1-9-13(16(20)24-3)15(14(10(2)18-9)17(21)25-4)11-7-5-6-8-12(11)19(22)23;4-2(1-7)3(5)6/h5-8,15,18H,1-4H3;2,7H,1,4H2,(H,5,6)/t;2-/m.0/s1. The molecule has 11 nitrogen and oxygen atoms in total. The van der Waals surface area contributed by atoms with Gasteiger partial charge >= 0.3 is 17.9 Å². The zero-order chi connectivity index (χ0) is 24.6. The number of rotatable bonds is 6. The number of allylic oxidation sites excluding steroid dienone is 2. The van der Waals surface area contributed by atoms with Gasteiger partial charge in [-0.15, -0.1) is 0 Å². The Morgan fingerprint density at radius 1 is 1.16 bits per heavy atom. The summed E-state index contributed by atoms with van der Waals surface area (Å²) >= 11 is 3.65. The molecule has 12 heteroatoms. The minimum atomic E-state index is -1.00. The number of aliphatic carboxylic acids is 1. The topological polar surface area (TPSA) is 171 Å². The van der Waals surface area contributed by atoms with Crippen molar-refractivity contribution in [1.82, 2.24) is 5.32 Å². The largest absolute Gasteiger partial charge is 0.480 e. The molecule has 0 fully saturated rings. The van der Waals surface area contributed by atoms with E-state index in [4.69, 9.17) is 20.3 Å². The van der Waals surface area contributed by atoms with Gasteiger partial charge in [-0.25, -0.2) is 9.59 Å². The highest BCUT2D eigenvalue weighted by Crippen LogP contribution is 2.42. The van der Waals surface area contributed by atoms with Crippen LogP contribution in [-0.4, -0.2) is 54.0 Å². The van der Waals surface area contributed by atoms with Gasteiger partial charge in [0.25, 0.3) is 5.69 Å². The third kappa shape index (κ3) is 6.08. The third-order valence-electron chi connectivity index (χ3n) is 4.53. The van der Waals surface area contributed by atoms with E-state index in [0.29, 0.717) is 11.4 Å². The number of nitro groups is 1. The van der Waals surface area contributed by atoms with E-state index in [2.05, 4.69) is 17.9 Å². The van der Waals surface area contributed by atoms with Crippen LogP contribution in [0.2, 0.25) is 0 Å². The molecular weight excluding hydrogens is 442 g/mol. The number of para-hydroxylation sites is 1. The number of benzene rings is 1. The van der Waals surface area contributed by atoms with Crippen molar-refractivity contribution < 1.29 is 33.9 Å². The molecule has 0 amide bonds. The summed E-state index contributed by atoms with van der Waals surface area (Å²) in [5, 5.41) is 22.4. The van der Waals surface area contributed by atoms with Crippen molar-refractivity contribution in [2.75, 3.05) is 20.0 Å². The summed E-state index contributed by atoms with van der Waals surface area (Å²) < 4.78 is 9.66. The molecule has 1 heterocycles. The number of nitro benzene ring substituents is 1. The molecule has 0 aromatic heterocycles. The number of nitrogens with two attached hydrogens (primary N) is 1. The molecule has 0 unspecified atom stereocenters. The number of dihydropyridines is 1. The molecule has 4 N–H and O–H groups in total. The molecule has 1 aliphatic rings. The van der Waals surface area contributed by atoms with Crippen molar-refractivity contribution in [3.8, 4) is 0 Å². The highest BCUT2D eigenvalue weighted by atomic mass is 32.1. The van der Waals surface area contributed by atoms with Gasteiger partial charge in [0.15, 0.2) is 0 Å². The van der Waals surface area contributed by atoms with E-state index in [1.165, 1.54) is 32.4 Å². The molecule has 174 valence electrons. The van der Waals surface area contributed by atoms with E-state index < -0.39 is 34.8 Å². The molecule has 1 aliphatic heterocycles. The molecule has 0 radical (unpaired) electrons. The van der Waals surface area contributed by atoms with Gasteiger partial charge in [-0.05, 0) is 13.8 Å². The van der Waals surface area contributed by atoms with Crippen LogP contribution in [0.3, 0.4) is 0 Å². The molecule has 32 heavy (non-hydrogen) atoms. The molecule has 0 saturated heterocycles.